The molecule has 0 bridgehead atoms. The number of nitrogens with zero attached hydrogens (tertiary/aromatic N) is 4. The van der Waals surface area contributed by atoms with E-state index in [4.69, 9.17) is 23.5 Å². The zero-order valence-electron chi connectivity index (χ0n) is 35.4. The predicted molar refractivity (Wildman–Crippen MR) is 244 cm³/mol. The van der Waals surface area contributed by atoms with Gasteiger partial charge in [0.25, 0.3) is 0 Å². The first-order valence-corrected chi connectivity index (χ1v) is 20.7. The van der Waals surface area contributed by atoms with E-state index in [2.05, 4.69) is 136 Å². The summed E-state index contributed by atoms with van der Waals surface area (Å²) in [6.45, 7) is 13.5. The number of hydrogen-bond acceptors (Lipinski definition) is 7. The molecular formula is C54H44N4O3Pt. The van der Waals surface area contributed by atoms with Crippen molar-refractivity contribution in [3.8, 4) is 56.7 Å². The zero-order chi connectivity index (χ0) is 41.9. The van der Waals surface area contributed by atoms with E-state index in [0.717, 1.165) is 68.2 Å². The number of aromatic nitrogens is 4. The van der Waals surface area contributed by atoms with Gasteiger partial charge in [-0.15, -0.1) is 23.3 Å². The first kappa shape index (κ1) is 40.9. The minimum absolute atomic E-state index is 0. The summed E-state index contributed by atoms with van der Waals surface area (Å²) in [6, 6.07) is 48.6. The molecule has 0 fully saturated rings. The van der Waals surface area contributed by atoms with Crippen LogP contribution in [0.4, 0.5) is 0 Å². The van der Waals surface area contributed by atoms with Gasteiger partial charge in [0.1, 0.15) is 46.4 Å². The van der Waals surface area contributed by atoms with Crippen molar-refractivity contribution in [1.29, 1.82) is 0 Å². The van der Waals surface area contributed by atoms with Crippen molar-refractivity contribution in [1.82, 2.24) is 19.9 Å². The van der Waals surface area contributed by atoms with Gasteiger partial charge in [0.15, 0.2) is 0 Å². The Labute approximate surface area is 375 Å². The molecule has 10 aromatic rings. The van der Waals surface area contributed by atoms with Crippen LogP contribution in [0.1, 0.15) is 52.7 Å². The summed E-state index contributed by atoms with van der Waals surface area (Å²) in [7, 11) is 0. The first-order chi connectivity index (χ1) is 29.4. The van der Waals surface area contributed by atoms with Gasteiger partial charge in [-0.1, -0.05) is 172 Å². The van der Waals surface area contributed by atoms with Crippen LogP contribution in [0.15, 0.2) is 143 Å². The Morgan fingerprint density at radius 3 is 1.31 bits per heavy atom. The van der Waals surface area contributed by atoms with Crippen LogP contribution in [0, 0.1) is 23.0 Å². The quantitative estimate of drug-likeness (QED) is 0.140. The molecule has 308 valence electrons. The van der Waals surface area contributed by atoms with Gasteiger partial charge in [-0.3, -0.25) is 9.97 Å². The van der Waals surface area contributed by atoms with Gasteiger partial charge in [0.2, 0.25) is 0 Å². The summed E-state index contributed by atoms with van der Waals surface area (Å²) in [5.41, 5.74) is 10.2. The van der Waals surface area contributed by atoms with Gasteiger partial charge in [0.05, 0.1) is 11.5 Å². The molecular weight excluding hydrogens is 948 g/mol. The van der Waals surface area contributed by atoms with Crippen molar-refractivity contribution in [3.63, 3.8) is 0 Å². The van der Waals surface area contributed by atoms with Crippen LogP contribution in [0.2, 0.25) is 0 Å². The van der Waals surface area contributed by atoms with Crippen LogP contribution in [-0.4, -0.2) is 19.9 Å². The van der Waals surface area contributed by atoms with Crippen LogP contribution >= 0.6 is 0 Å². The number of rotatable bonds is 8. The standard InChI is InChI=1S/C54H44N4O3.Pt/c1-53(2,3)29-33-15-19-35(20-16-33)45-27-43-51(60-45)49(57-31-55-43)39-23-37-11-7-9-13-41(37)47(25-39)59-48-26-40(24-38-12-8-10-14-42(38)48)50-52-44(56-32-58-50)28-46(61-52)36-21-17-34(18-22-36)30-54(4,5)6;/h7-24,27-28,31-32H,29-30H2,1-6H3;/q-2;+2. The van der Waals surface area contributed by atoms with Crippen molar-refractivity contribution < 1.29 is 34.6 Å². The molecule has 0 saturated carbocycles. The van der Waals surface area contributed by atoms with E-state index in [1.165, 1.54) is 11.1 Å². The maximum atomic E-state index is 6.93. The number of ether oxygens (including phenoxy) is 1. The molecule has 0 N–H and O–H groups in total. The van der Waals surface area contributed by atoms with E-state index < -0.39 is 0 Å². The Hall–Kier alpha value is -6.43. The molecule has 4 heterocycles. The molecule has 0 aliphatic rings. The van der Waals surface area contributed by atoms with Crippen molar-refractivity contribution in [2.45, 2.75) is 54.4 Å². The SMILES string of the molecule is CC(C)(C)Cc1ccc(-c2cc3ncnc(-c4[c-]c(Oc5[c-]c(-c6ncnc7cc(-c8ccc(CC(C)(C)C)cc8)oc67)cc6ccccc56)c5ccccc5c4)c3o2)cc1.[Pt+2]. The Kier molecular flexibility index (Phi) is 10.6. The molecule has 6 aromatic carbocycles. The van der Waals surface area contributed by atoms with Crippen LogP contribution in [0.5, 0.6) is 11.5 Å². The van der Waals surface area contributed by atoms with Crippen molar-refractivity contribution in [2.24, 2.45) is 10.8 Å². The van der Waals surface area contributed by atoms with Gasteiger partial charge in [0, 0.05) is 34.6 Å². The van der Waals surface area contributed by atoms with E-state index in [9.17, 15) is 0 Å². The van der Waals surface area contributed by atoms with Gasteiger partial charge >= 0.3 is 21.1 Å². The van der Waals surface area contributed by atoms with Crippen LogP contribution in [0.3, 0.4) is 0 Å². The van der Waals surface area contributed by atoms with Gasteiger partial charge in [-0.25, -0.2) is 9.97 Å². The van der Waals surface area contributed by atoms with Crippen LogP contribution < -0.4 is 4.74 Å². The number of hydrogen-bond donors (Lipinski definition) is 0. The van der Waals surface area contributed by atoms with E-state index in [0.29, 0.717) is 45.1 Å². The molecule has 0 aliphatic heterocycles. The Bertz CT molecular complexity index is 3030. The first-order valence-electron chi connectivity index (χ1n) is 20.7. The largest absolute Gasteiger partial charge is 2.00 e. The Morgan fingerprint density at radius 1 is 0.500 bits per heavy atom. The Balaban J connectivity index is 0.00000490. The van der Waals surface area contributed by atoms with E-state index >= 15 is 0 Å². The second kappa shape index (κ2) is 16.1. The fourth-order valence-electron chi connectivity index (χ4n) is 8.12. The van der Waals surface area contributed by atoms with Gasteiger partial charge < -0.3 is 13.6 Å². The van der Waals surface area contributed by atoms with E-state index in [1.807, 2.05) is 48.5 Å². The third-order valence-corrected chi connectivity index (χ3v) is 10.8. The minimum atomic E-state index is 0. The fraction of sp³-hybridized carbons (Fsp3) is 0.185. The van der Waals surface area contributed by atoms with Crippen molar-refractivity contribution in [3.05, 3.63) is 157 Å². The maximum absolute atomic E-state index is 6.93. The number of furan rings is 2. The summed E-state index contributed by atoms with van der Waals surface area (Å²) >= 11 is 0. The summed E-state index contributed by atoms with van der Waals surface area (Å²) in [6.07, 6.45) is 5.13. The van der Waals surface area contributed by atoms with Crippen LogP contribution in [-0.2, 0) is 33.9 Å². The molecule has 8 heteroatoms. The smallest absolute Gasteiger partial charge is 0.495 e. The zero-order valence-corrected chi connectivity index (χ0v) is 37.7. The third kappa shape index (κ3) is 8.30. The molecule has 10 rings (SSSR count). The molecule has 0 saturated heterocycles. The molecule has 0 spiro atoms. The van der Waals surface area contributed by atoms with E-state index in [-0.39, 0.29) is 31.9 Å². The number of benzene rings is 6. The second-order valence-corrected chi connectivity index (χ2v) is 18.3. The average molecular weight is 992 g/mol. The monoisotopic (exact) mass is 991 g/mol. The third-order valence-electron chi connectivity index (χ3n) is 10.8. The predicted octanol–water partition coefficient (Wildman–Crippen LogP) is 14.3. The maximum Gasteiger partial charge on any atom is 2.00 e. The molecule has 0 atom stereocenters. The van der Waals surface area contributed by atoms with Gasteiger partial charge in [-0.2, -0.15) is 0 Å². The molecule has 7 nitrogen and oxygen atoms in total. The molecule has 0 unspecified atom stereocenters. The molecule has 0 aliphatic carbocycles. The second-order valence-electron chi connectivity index (χ2n) is 18.3. The van der Waals surface area contributed by atoms with Gasteiger partial charge in [-0.05, 0) is 34.8 Å². The molecule has 0 radical (unpaired) electrons. The normalized spacial score (nSPS) is 12.0. The number of fused-ring (bicyclic) bond motifs is 4. The van der Waals surface area contributed by atoms with Crippen molar-refractivity contribution in [2.75, 3.05) is 0 Å². The van der Waals surface area contributed by atoms with E-state index in [1.54, 1.807) is 12.7 Å². The van der Waals surface area contributed by atoms with Crippen LogP contribution in [0.25, 0.3) is 88.9 Å². The average Bonchev–Trinajstić information content (AvgIpc) is 3.88. The molecule has 0 amide bonds. The molecule has 4 aromatic heterocycles. The molecule has 62 heavy (non-hydrogen) atoms. The summed E-state index contributed by atoms with van der Waals surface area (Å²) < 4.78 is 20.0. The fourth-order valence-corrected chi connectivity index (χ4v) is 8.12. The summed E-state index contributed by atoms with van der Waals surface area (Å²) in [5.74, 6) is 2.52. The summed E-state index contributed by atoms with van der Waals surface area (Å²) in [5, 5.41) is 3.71. The topological polar surface area (TPSA) is 87.1 Å². The minimum Gasteiger partial charge on any atom is -0.495 e. The summed E-state index contributed by atoms with van der Waals surface area (Å²) in [4.78, 5) is 18.7. The Morgan fingerprint density at radius 2 is 0.903 bits per heavy atom. The van der Waals surface area contributed by atoms with Crippen molar-refractivity contribution >= 4 is 43.7 Å².